The van der Waals surface area contributed by atoms with Gasteiger partial charge in [-0.3, -0.25) is 0 Å². The minimum atomic E-state index is -0.106. The standard InChI is InChI=1S/C49H45N/c1-47(2,3)31-26-30-27-32(48(4,5)6)29-39-37-25-24-33(35-17-15-18-36(46(35)37)38(28-31)45(30)39)34-16-9-12-21-42(34)50-43-22-13-10-19-40(43)49(7,8)41-20-11-14-23-44(41)50/h9-29H,1-8H3. The van der Waals surface area contributed by atoms with E-state index in [1.54, 1.807) is 0 Å². The minimum absolute atomic E-state index is 0.0349. The van der Waals surface area contributed by atoms with Gasteiger partial charge in [-0.15, -0.1) is 0 Å². The highest BCUT2D eigenvalue weighted by Crippen LogP contribution is 2.54. The molecule has 246 valence electrons. The van der Waals surface area contributed by atoms with Crippen LogP contribution in [0, 0.1) is 0 Å². The molecule has 8 aromatic rings. The van der Waals surface area contributed by atoms with E-state index in [1.165, 1.54) is 93.5 Å². The van der Waals surface area contributed by atoms with Gasteiger partial charge in [-0.05, 0) is 112 Å². The molecule has 8 aromatic carbocycles. The van der Waals surface area contributed by atoms with E-state index in [0.717, 1.165) is 0 Å². The van der Waals surface area contributed by atoms with Crippen molar-refractivity contribution in [3.63, 3.8) is 0 Å². The Hall–Kier alpha value is -5.14. The summed E-state index contributed by atoms with van der Waals surface area (Å²) >= 11 is 0. The molecule has 0 bridgehead atoms. The van der Waals surface area contributed by atoms with Gasteiger partial charge in [0, 0.05) is 11.0 Å². The number of nitrogens with zero attached hydrogens (tertiary/aromatic N) is 1. The summed E-state index contributed by atoms with van der Waals surface area (Å²) in [6.45, 7) is 18.7. The summed E-state index contributed by atoms with van der Waals surface area (Å²) in [6.07, 6.45) is 0. The predicted molar refractivity (Wildman–Crippen MR) is 217 cm³/mol. The Labute approximate surface area is 296 Å². The van der Waals surface area contributed by atoms with Crippen molar-refractivity contribution in [2.75, 3.05) is 4.90 Å². The van der Waals surface area contributed by atoms with Crippen LogP contribution in [0.1, 0.15) is 77.6 Å². The fourth-order valence-electron chi connectivity index (χ4n) is 8.72. The molecular formula is C49H45N. The van der Waals surface area contributed by atoms with Gasteiger partial charge in [0.05, 0.1) is 17.1 Å². The minimum Gasteiger partial charge on any atom is -0.309 e. The van der Waals surface area contributed by atoms with Crippen LogP contribution >= 0.6 is 0 Å². The lowest BCUT2D eigenvalue weighted by Crippen LogP contribution is -2.30. The topological polar surface area (TPSA) is 3.24 Å². The van der Waals surface area contributed by atoms with Crippen LogP contribution in [0.2, 0.25) is 0 Å². The van der Waals surface area contributed by atoms with Crippen molar-refractivity contribution in [2.45, 2.75) is 71.6 Å². The molecule has 0 amide bonds. The van der Waals surface area contributed by atoms with E-state index >= 15 is 0 Å². The third-order valence-electron chi connectivity index (χ3n) is 11.5. The fourth-order valence-corrected chi connectivity index (χ4v) is 8.72. The molecule has 0 radical (unpaired) electrons. The molecule has 1 nitrogen and oxygen atoms in total. The lowest BCUT2D eigenvalue weighted by Gasteiger charge is -2.42. The van der Waals surface area contributed by atoms with Crippen molar-refractivity contribution in [1.82, 2.24) is 0 Å². The zero-order valence-corrected chi connectivity index (χ0v) is 30.6. The maximum Gasteiger partial charge on any atom is 0.0540 e. The molecule has 9 rings (SSSR count). The Kier molecular flexibility index (Phi) is 6.45. The summed E-state index contributed by atoms with van der Waals surface area (Å²) in [5.41, 5.74) is 11.6. The summed E-state index contributed by atoms with van der Waals surface area (Å²) in [5.74, 6) is 0. The maximum atomic E-state index is 2.50. The Morgan fingerprint density at radius 3 is 1.50 bits per heavy atom. The maximum absolute atomic E-state index is 2.50. The van der Waals surface area contributed by atoms with Gasteiger partial charge in [0.15, 0.2) is 0 Å². The highest BCUT2D eigenvalue weighted by molar-refractivity contribution is 6.34. The first-order valence-electron chi connectivity index (χ1n) is 18.1. The number of benzene rings is 8. The Morgan fingerprint density at radius 1 is 0.420 bits per heavy atom. The van der Waals surface area contributed by atoms with Gasteiger partial charge in [-0.2, -0.15) is 0 Å². The summed E-state index contributed by atoms with van der Waals surface area (Å²) in [6, 6.07) is 48.5. The summed E-state index contributed by atoms with van der Waals surface area (Å²) in [4.78, 5) is 2.50. The van der Waals surface area contributed by atoms with Gasteiger partial charge in [0.25, 0.3) is 0 Å². The lowest BCUT2D eigenvalue weighted by molar-refractivity contribution is 0.590. The molecule has 50 heavy (non-hydrogen) atoms. The van der Waals surface area contributed by atoms with E-state index in [2.05, 4.69) is 188 Å². The third-order valence-corrected chi connectivity index (χ3v) is 11.5. The highest BCUT2D eigenvalue weighted by Gasteiger charge is 2.37. The largest absolute Gasteiger partial charge is 0.309 e. The number of rotatable bonds is 2. The van der Waals surface area contributed by atoms with Crippen molar-refractivity contribution >= 4 is 60.2 Å². The van der Waals surface area contributed by atoms with Crippen LogP contribution in [0.25, 0.3) is 54.2 Å². The van der Waals surface area contributed by atoms with E-state index in [0.29, 0.717) is 0 Å². The van der Waals surface area contributed by atoms with E-state index in [9.17, 15) is 0 Å². The van der Waals surface area contributed by atoms with Gasteiger partial charge in [0.2, 0.25) is 0 Å². The van der Waals surface area contributed by atoms with Crippen molar-refractivity contribution in [1.29, 1.82) is 0 Å². The second-order valence-corrected chi connectivity index (χ2v) is 17.0. The van der Waals surface area contributed by atoms with Crippen molar-refractivity contribution < 1.29 is 0 Å². The number of fused-ring (bicyclic) bond motifs is 4. The van der Waals surface area contributed by atoms with Crippen LogP contribution in [-0.2, 0) is 16.2 Å². The molecule has 1 heteroatoms. The van der Waals surface area contributed by atoms with Crippen LogP contribution in [0.3, 0.4) is 0 Å². The molecule has 1 heterocycles. The van der Waals surface area contributed by atoms with Crippen molar-refractivity contribution in [3.8, 4) is 11.1 Å². The Morgan fingerprint density at radius 2 is 0.920 bits per heavy atom. The highest BCUT2D eigenvalue weighted by atomic mass is 15.2. The first-order chi connectivity index (χ1) is 23.8. The first kappa shape index (κ1) is 30.9. The molecule has 1 aliphatic rings. The molecular weight excluding hydrogens is 603 g/mol. The van der Waals surface area contributed by atoms with Gasteiger partial charge in [0.1, 0.15) is 0 Å². The third kappa shape index (κ3) is 4.39. The fraction of sp³-hybridized carbons (Fsp3) is 0.224. The molecule has 0 fully saturated rings. The van der Waals surface area contributed by atoms with Gasteiger partial charge in [-0.1, -0.05) is 152 Å². The van der Waals surface area contributed by atoms with E-state index in [-0.39, 0.29) is 16.2 Å². The summed E-state index contributed by atoms with van der Waals surface area (Å²) in [7, 11) is 0. The monoisotopic (exact) mass is 647 g/mol. The van der Waals surface area contributed by atoms with Crippen LogP contribution < -0.4 is 4.90 Å². The lowest BCUT2D eigenvalue weighted by atomic mass is 9.73. The smallest absolute Gasteiger partial charge is 0.0540 e. The molecule has 0 unspecified atom stereocenters. The first-order valence-corrected chi connectivity index (χ1v) is 18.1. The molecule has 0 N–H and O–H groups in total. The average molecular weight is 648 g/mol. The zero-order valence-electron chi connectivity index (χ0n) is 30.6. The number of hydrogen-bond acceptors (Lipinski definition) is 1. The average Bonchev–Trinajstić information content (AvgIpc) is 3.09. The second-order valence-electron chi connectivity index (χ2n) is 17.0. The van der Waals surface area contributed by atoms with Crippen molar-refractivity contribution in [2.24, 2.45) is 0 Å². The van der Waals surface area contributed by atoms with E-state index in [1.807, 2.05) is 0 Å². The van der Waals surface area contributed by atoms with Crippen LogP contribution in [0.15, 0.2) is 127 Å². The quantitative estimate of drug-likeness (QED) is 0.133. The van der Waals surface area contributed by atoms with Crippen LogP contribution in [0.5, 0.6) is 0 Å². The molecule has 0 aliphatic carbocycles. The molecule has 0 aromatic heterocycles. The number of anilines is 3. The predicted octanol–water partition coefficient (Wildman–Crippen LogP) is 14.1. The molecule has 0 atom stereocenters. The summed E-state index contributed by atoms with van der Waals surface area (Å²) < 4.78 is 0. The molecule has 0 spiro atoms. The van der Waals surface area contributed by atoms with Gasteiger partial charge in [-0.25, -0.2) is 0 Å². The Balaban J connectivity index is 1.38. The normalized spacial score (nSPS) is 14.5. The Bertz CT molecular complexity index is 2520. The summed E-state index contributed by atoms with van der Waals surface area (Å²) in [5, 5.41) is 10.7. The van der Waals surface area contributed by atoms with Crippen LogP contribution in [-0.4, -0.2) is 0 Å². The molecule has 1 aliphatic heterocycles. The number of para-hydroxylation sites is 3. The number of hydrogen-bond donors (Lipinski definition) is 0. The zero-order chi connectivity index (χ0) is 34.7. The van der Waals surface area contributed by atoms with E-state index < -0.39 is 0 Å². The van der Waals surface area contributed by atoms with Crippen LogP contribution in [0.4, 0.5) is 17.1 Å². The SMILES string of the molecule is CC(C)(C)c1cc2cc(C(C)(C)C)cc3c4ccc(-c5ccccc5N5c6ccccc6C(C)(C)c6ccccc65)c5cccc(c(c1)c23)c54. The van der Waals surface area contributed by atoms with Crippen molar-refractivity contribution in [3.05, 3.63) is 150 Å². The van der Waals surface area contributed by atoms with Gasteiger partial charge >= 0.3 is 0 Å². The molecule has 0 saturated heterocycles. The molecule has 0 saturated carbocycles. The van der Waals surface area contributed by atoms with E-state index in [4.69, 9.17) is 0 Å². The van der Waals surface area contributed by atoms with Gasteiger partial charge < -0.3 is 4.90 Å². The second kappa shape index (κ2) is 10.4.